The summed E-state index contributed by atoms with van der Waals surface area (Å²) < 4.78 is 5.89. The number of rotatable bonds is 5. The van der Waals surface area contributed by atoms with Crippen LogP contribution in [0.15, 0.2) is 48.5 Å². The Kier molecular flexibility index (Phi) is 5.88. The zero-order chi connectivity index (χ0) is 21.1. The third-order valence-electron chi connectivity index (χ3n) is 5.68. The summed E-state index contributed by atoms with van der Waals surface area (Å²) in [7, 11) is 0. The monoisotopic (exact) mass is 403 g/mol. The molecule has 0 saturated carbocycles. The van der Waals surface area contributed by atoms with E-state index in [2.05, 4.69) is 29.3 Å². The van der Waals surface area contributed by atoms with Crippen LogP contribution in [0.2, 0.25) is 0 Å². The van der Waals surface area contributed by atoms with E-state index in [9.17, 15) is 4.79 Å². The molecule has 3 aromatic rings. The Hall–Kier alpha value is -3.08. The van der Waals surface area contributed by atoms with Crippen LogP contribution >= 0.6 is 0 Å². The number of nitrogens with zero attached hydrogens (tertiary/aromatic N) is 2. The molecule has 1 saturated heterocycles. The lowest BCUT2D eigenvalue weighted by atomic mass is 10.0. The molecule has 0 radical (unpaired) electrons. The van der Waals surface area contributed by atoms with E-state index >= 15 is 0 Å². The molecule has 2 heterocycles. The van der Waals surface area contributed by atoms with Gasteiger partial charge in [0.2, 0.25) is 0 Å². The molecule has 30 heavy (non-hydrogen) atoms. The van der Waals surface area contributed by atoms with Crippen molar-refractivity contribution in [2.24, 2.45) is 5.92 Å². The molecule has 1 atom stereocenters. The van der Waals surface area contributed by atoms with Gasteiger partial charge in [0.05, 0.1) is 0 Å². The van der Waals surface area contributed by atoms with E-state index in [-0.39, 0.29) is 12.5 Å². The van der Waals surface area contributed by atoms with Crippen molar-refractivity contribution in [3.63, 3.8) is 0 Å². The highest BCUT2D eigenvalue weighted by Gasteiger charge is 2.18. The lowest BCUT2D eigenvalue weighted by molar-refractivity contribution is -0.118. The third kappa shape index (κ3) is 4.56. The Morgan fingerprint density at radius 1 is 1.20 bits per heavy atom. The van der Waals surface area contributed by atoms with Crippen molar-refractivity contribution in [3.8, 4) is 5.75 Å². The standard InChI is InChI=1S/C25H29N3O2/c1-17-9-10-19(3)21(14-17)26-24(29)16-30-22-8-4-7-20-11-12-23(27-25(20)22)28-13-5-6-18(2)15-28/h4,7-12,14,18H,5-6,13,15-16H2,1-3H3,(H,26,29). The van der Waals surface area contributed by atoms with Crippen LogP contribution in [0, 0.1) is 19.8 Å². The molecule has 1 aliphatic heterocycles. The topological polar surface area (TPSA) is 54.5 Å². The Morgan fingerprint density at radius 3 is 2.90 bits per heavy atom. The van der Waals surface area contributed by atoms with E-state index < -0.39 is 0 Å². The molecule has 1 unspecified atom stereocenters. The third-order valence-corrected chi connectivity index (χ3v) is 5.68. The van der Waals surface area contributed by atoms with Crippen LogP contribution in [0.3, 0.4) is 0 Å². The Labute approximate surface area is 178 Å². The van der Waals surface area contributed by atoms with Crippen LogP contribution in [-0.2, 0) is 4.79 Å². The van der Waals surface area contributed by atoms with Crippen LogP contribution in [0.5, 0.6) is 5.75 Å². The summed E-state index contributed by atoms with van der Waals surface area (Å²) in [5, 5.41) is 3.96. The van der Waals surface area contributed by atoms with Crippen molar-refractivity contribution >= 4 is 28.3 Å². The molecule has 1 aliphatic rings. The number of fused-ring (bicyclic) bond motifs is 1. The van der Waals surface area contributed by atoms with Crippen LogP contribution in [0.25, 0.3) is 10.9 Å². The van der Waals surface area contributed by atoms with Gasteiger partial charge in [-0.1, -0.05) is 31.2 Å². The van der Waals surface area contributed by atoms with Crippen LogP contribution < -0.4 is 15.0 Å². The summed E-state index contributed by atoms with van der Waals surface area (Å²) in [4.78, 5) is 19.7. The van der Waals surface area contributed by atoms with Gasteiger partial charge in [-0.2, -0.15) is 0 Å². The fraction of sp³-hybridized carbons (Fsp3) is 0.360. The van der Waals surface area contributed by atoms with Gasteiger partial charge >= 0.3 is 0 Å². The molecule has 5 nitrogen and oxygen atoms in total. The molecular formula is C25H29N3O2. The first-order valence-corrected chi connectivity index (χ1v) is 10.6. The SMILES string of the molecule is Cc1ccc(C)c(NC(=O)COc2cccc3ccc(N4CCCC(C)C4)nc23)c1. The van der Waals surface area contributed by atoms with Gasteiger partial charge in [0.25, 0.3) is 5.91 Å². The van der Waals surface area contributed by atoms with Gasteiger partial charge in [0, 0.05) is 24.2 Å². The number of carbonyl (C=O) groups is 1. The highest BCUT2D eigenvalue weighted by Crippen LogP contribution is 2.28. The number of carbonyl (C=O) groups excluding carboxylic acids is 1. The average Bonchev–Trinajstić information content (AvgIpc) is 2.74. The number of benzene rings is 2. The smallest absolute Gasteiger partial charge is 0.262 e. The quantitative estimate of drug-likeness (QED) is 0.643. The first-order chi connectivity index (χ1) is 14.5. The number of piperidine rings is 1. The van der Waals surface area contributed by atoms with E-state index in [4.69, 9.17) is 9.72 Å². The number of pyridine rings is 1. The first-order valence-electron chi connectivity index (χ1n) is 10.6. The first kappa shape index (κ1) is 20.2. The van der Waals surface area contributed by atoms with Crippen molar-refractivity contribution < 1.29 is 9.53 Å². The highest BCUT2D eigenvalue weighted by atomic mass is 16.5. The van der Waals surface area contributed by atoms with Crippen LogP contribution in [0.1, 0.15) is 30.9 Å². The molecular weight excluding hydrogens is 374 g/mol. The van der Waals surface area contributed by atoms with Gasteiger partial charge in [-0.25, -0.2) is 4.98 Å². The molecule has 0 bridgehead atoms. The van der Waals surface area contributed by atoms with Gasteiger partial charge in [-0.15, -0.1) is 0 Å². The molecule has 1 N–H and O–H groups in total. The highest BCUT2D eigenvalue weighted by molar-refractivity contribution is 5.93. The second kappa shape index (κ2) is 8.74. The van der Waals surface area contributed by atoms with Gasteiger partial charge in [0.1, 0.15) is 17.1 Å². The van der Waals surface area contributed by atoms with Gasteiger partial charge in [-0.05, 0) is 68.0 Å². The maximum absolute atomic E-state index is 12.5. The van der Waals surface area contributed by atoms with Crippen LogP contribution in [0.4, 0.5) is 11.5 Å². The Balaban J connectivity index is 1.50. The lowest BCUT2D eigenvalue weighted by Crippen LogP contribution is -2.34. The minimum absolute atomic E-state index is 0.0564. The zero-order valence-electron chi connectivity index (χ0n) is 17.9. The minimum atomic E-state index is -0.179. The summed E-state index contributed by atoms with van der Waals surface area (Å²) in [5.41, 5.74) is 3.75. The van der Waals surface area contributed by atoms with Gasteiger partial charge < -0.3 is 15.0 Å². The van der Waals surface area contributed by atoms with Crippen molar-refractivity contribution in [2.45, 2.75) is 33.6 Å². The number of para-hydroxylation sites is 1. The number of aryl methyl sites for hydroxylation is 2. The predicted molar refractivity (Wildman–Crippen MR) is 122 cm³/mol. The molecule has 1 amide bonds. The number of anilines is 2. The van der Waals surface area contributed by atoms with E-state index in [0.717, 1.165) is 46.6 Å². The lowest BCUT2D eigenvalue weighted by Gasteiger charge is -2.32. The Morgan fingerprint density at radius 2 is 2.07 bits per heavy atom. The number of amides is 1. The number of hydrogen-bond donors (Lipinski definition) is 1. The maximum atomic E-state index is 12.5. The van der Waals surface area contributed by atoms with E-state index in [1.54, 1.807) is 0 Å². The van der Waals surface area contributed by atoms with E-state index in [1.807, 2.05) is 50.2 Å². The largest absolute Gasteiger partial charge is 0.481 e. The number of aromatic nitrogens is 1. The summed E-state index contributed by atoms with van der Waals surface area (Å²) >= 11 is 0. The summed E-state index contributed by atoms with van der Waals surface area (Å²) in [6, 6.07) is 16.0. The molecule has 0 spiro atoms. The van der Waals surface area contributed by atoms with E-state index in [1.165, 1.54) is 12.8 Å². The summed E-state index contributed by atoms with van der Waals surface area (Å²) in [6.45, 7) is 8.28. The van der Waals surface area contributed by atoms with Crippen LogP contribution in [-0.4, -0.2) is 30.6 Å². The molecule has 4 rings (SSSR count). The maximum Gasteiger partial charge on any atom is 0.262 e. The summed E-state index contributed by atoms with van der Waals surface area (Å²) in [5.74, 6) is 2.11. The van der Waals surface area contributed by atoms with Crippen molar-refractivity contribution in [2.75, 3.05) is 29.9 Å². The molecule has 5 heteroatoms. The van der Waals surface area contributed by atoms with Crippen molar-refractivity contribution in [1.29, 1.82) is 0 Å². The number of ether oxygens (including phenoxy) is 1. The average molecular weight is 404 g/mol. The minimum Gasteiger partial charge on any atom is -0.481 e. The molecule has 2 aromatic carbocycles. The van der Waals surface area contributed by atoms with Gasteiger partial charge in [0.15, 0.2) is 6.61 Å². The van der Waals surface area contributed by atoms with Crippen molar-refractivity contribution in [1.82, 2.24) is 4.98 Å². The molecule has 1 aromatic heterocycles. The molecule has 0 aliphatic carbocycles. The zero-order valence-corrected chi connectivity index (χ0v) is 17.9. The molecule has 1 fully saturated rings. The summed E-state index contributed by atoms with van der Waals surface area (Å²) in [6.07, 6.45) is 2.46. The Bertz CT molecular complexity index is 1060. The predicted octanol–water partition coefficient (Wildman–Crippen LogP) is 5.11. The fourth-order valence-corrected chi connectivity index (χ4v) is 4.00. The number of hydrogen-bond acceptors (Lipinski definition) is 4. The van der Waals surface area contributed by atoms with E-state index in [0.29, 0.717) is 11.7 Å². The molecule has 156 valence electrons. The van der Waals surface area contributed by atoms with Gasteiger partial charge in [-0.3, -0.25) is 4.79 Å². The second-order valence-electron chi connectivity index (χ2n) is 8.35. The normalized spacial score (nSPS) is 16.5. The fourth-order valence-electron chi connectivity index (χ4n) is 4.00. The second-order valence-corrected chi connectivity index (χ2v) is 8.35. The number of nitrogens with one attached hydrogen (secondary N) is 1. The van der Waals surface area contributed by atoms with Crippen molar-refractivity contribution in [3.05, 3.63) is 59.7 Å².